The van der Waals surface area contributed by atoms with Gasteiger partial charge in [0.15, 0.2) is 9.84 Å². The van der Waals surface area contributed by atoms with Crippen LogP contribution in [0.15, 0.2) is 53.4 Å². The number of hydrogen-bond donors (Lipinski definition) is 1. The number of nitrogens with one attached hydrogen (secondary N) is 1. The highest BCUT2D eigenvalue weighted by atomic mass is 32.2. The highest BCUT2D eigenvalue weighted by Crippen LogP contribution is 2.24. The van der Waals surface area contributed by atoms with Crippen molar-refractivity contribution in [2.75, 3.05) is 33.0 Å². The van der Waals surface area contributed by atoms with E-state index >= 15 is 0 Å². The average Bonchev–Trinajstić information content (AvgIpc) is 2.69. The molecule has 2 aromatic rings. The Bertz CT molecular complexity index is 959. The van der Waals surface area contributed by atoms with E-state index in [0.717, 1.165) is 6.26 Å². The maximum absolute atomic E-state index is 14.0. The van der Waals surface area contributed by atoms with Crippen molar-refractivity contribution in [1.29, 1.82) is 0 Å². The van der Waals surface area contributed by atoms with Crippen LogP contribution in [0.2, 0.25) is 0 Å². The molecule has 0 spiro atoms. The number of carbonyl (C=O) groups is 1. The van der Waals surface area contributed by atoms with Gasteiger partial charge in [-0.15, -0.1) is 0 Å². The molecule has 0 unspecified atom stereocenters. The highest BCUT2D eigenvalue weighted by Gasteiger charge is 2.25. The zero-order chi connectivity index (χ0) is 22.4. The first-order chi connectivity index (χ1) is 14.0. The summed E-state index contributed by atoms with van der Waals surface area (Å²) in [5.74, 6) is 0.285. The zero-order valence-corrected chi connectivity index (χ0v) is 18.6. The van der Waals surface area contributed by atoms with Crippen molar-refractivity contribution in [2.45, 2.75) is 30.6 Å². The fraction of sp³-hybridized carbons (Fsp3) is 0.409. The molecule has 164 valence electrons. The molecule has 30 heavy (non-hydrogen) atoms. The third-order valence-corrected chi connectivity index (χ3v) is 5.92. The smallest absolute Gasteiger partial charge is 0.317 e. The lowest BCUT2D eigenvalue weighted by atomic mass is 9.84. The first kappa shape index (κ1) is 23.7. The number of amides is 2. The van der Waals surface area contributed by atoms with E-state index in [4.69, 9.17) is 4.74 Å². The number of rotatable bonds is 9. The first-order valence-corrected chi connectivity index (χ1v) is 11.6. The van der Waals surface area contributed by atoms with Gasteiger partial charge in [-0.05, 0) is 42.3 Å². The van der Waals surface area contributed by atoms with Gasteiger partial charge < -0.3 is 15.0 Å². The van der Waals surface area contributed by atoms with Crippen LogP contribution in [0.4, 0.5) is 9.18 Å². The van der Waals surface area contributed by atoms with Gasteiger partial charge in [0.05, 0.1) is 11.5 Å². The SMILES string of the molecule is CN(CCCOc1ccc(S(C)(=O)=O)cc1)C(=O)NCC(C)(C)c1ccccc1F. The number of halogens is 1. The molecule has 0 atom stereocenters. The van der Waals surface area contributed by atoms with Gasteiger partial charge in [-0.2, -0.15) is 0 Å². The Balaban J connectivity index is 1.75. The molecule has 0 heterocycles. The summed E-state index contributed by atoms with van der Waals surface area (Å²) in [5.41, 5.74) is 0.0200. The van der Waals surface area contributed by atoms with E-state index in [0.29, 0.717) is 37.4 Å². The van der Waals surface area contributed by atoms with Crippen LogP contribution in [0.1, 0.15) is 25.8 Å². The maximum Gasteiger partial charge on any atom is 0.317 e. The summed E-state index contributed by atoms with van der Waals surface area (Å²) < 4.78 is 42.5. The molecule has 0 aliphatic carbocycles. The Hall–Kier alpha value is -2.61. The standard InChI is InChI=1S/C22H29FN2O4S/c1-22(2,19-8-5-6-9-20(19)23)16-24-21(26)25(3)14-7-15-29-17-10-12-18(13-11-17)30(4,27)28/h5-6,8-13H,7,14-16H2,1-4H3,(H,24,26). The van der Waals surface area contributed by atoms with E-state index in [1.165, 1.54) is 18.2 Å². The molecule has 0 aromatic heterocycles. The Morgan fingerprint density at radius 1 is 1.13 bits per heavy atom. The summed E-state index contributed by atoms with van der Waals surface area (Å²) >= 11 is 0. The quantitative estimate of drug-likeness (QED) is 0.609. The summed E-state index contributed by atoms with van der Waals surface area (Å²) in [6, 6.07) is 12.5. The van der Waals surface area contributed by atoms with Crippen LogP contribution in [-0.2, 0) is 15.3 Å². The summed E-state index contributed by atoms with van der Waals surface area (Å²) in [7, 11) is -1.54. The largest absolute Gasteiger partial charge is 0.494 e. The molecule has 0 bridgehead atoms. The summed E-state index contributed by atoms with van der Waals surface area (Å²) in [6.07, 6.45) is 1.76. The Kier molecular flexibility index (Phi) is 7.83. The predicted molar refractivity (Wildman–Crippen MR) is 115 cm³/mol. The van der Waals surface area contributed by atoms with Crippen molar-refractivity contribution in [1.82, 2.24) is 10.2 Å². The lowest BCUT2D eigenvalue weighted by Crippen LogP contribution is -2.43. The monoisotopic (exact) mass is 436 g/mol. The van der Waals surface area contributed by atoms with Crippen LogP contribution in [0.3, 0.4) is 0 Å². The van der Waals surface area contributed by atoms with Gasteiger partial charge >= 0.3 is 6.03 Å². The summed E-state index contributed by atoms with van der Waals surface area (Å²) in [6.45, 7) is 4.94. The third-order valence-electron chi connectivity index (χ3n) is 4.79. The Morgan fingerprint density at radius 2 is 1.77 bits per heavy atom. The molecule has 6 nitrogen and oxygen atoms in total. The molecule has 1 N–H and O–H groups in total. The van der Waals surface area contributed by atoms with Gasteiger partial charge in [0.1, 0.15) is 11.6 Å². The van der Waals surface area contributed by atoms with Crippen LogP contribution in [0, 0.1) is 5.82 Å². The molecule has 0 radical (unpaired) electrons. The summed E-state index contributed by atoms with van der Waals surface area (Å²) in [4.78, 5) is 14.1. The maximum atomic E-state index is 14.0. The number of ether oxygens (including phenoxy) is 1. The van der Waals surface area contributed by atoms with E-state index in [-0.39, 0.29) is 16.7 Å². The minimum Gasteiger partial charge on any atom is -0.494 e. The molecule has 0 fully saturated rings. The minimum atomic E-state index is -3.23. The molecular weight excluding hydrogens is 407 g/mol. The van der Waals surface area contributed by atoms with Gasteiger partial charge in [-0.1, -0.05) is 32.0 Å². The lowest BCUT2D eigenvalue weighted by Gasteiger charge is -2.27. The zero-order valence-electron chi connectivity index (χ0n) is 17.8. The number of benzene rings is 2. The van der Waals surface area contributed by atoms with E-state index < -0.39 is 15.3 Å². The van der Waals surface area contributed by atoms with Gasteiger partial charge in [0.25, 0.3) is 0 Å². The van der Waals surface area contributed by atoms with E-state index in [1.807, 2.05) is 13.8 Å². The van der Waals surface area contributed by atoms with Gasteiger partial charge in [-0.25, -0.2) is 17.6 Å². The average molecular weight is 437 g/mol. The number of sulfone groups is 1. The second-order valence-corrected chi connectivity index (χ2v) is 9.91. The van der Waals surface area contributed by atoms with E-state index in [9.17, 15) is 17.6 Å². The topological polar surface area (TPSA) is 75.7 Å². The second kappa shape index (κ2) is 9.93. The molecule has 0 saturated heterocycles. The minimum absolute atomic E-state index is 0.239. The molecule has 8 heteroatoms. The van der Waals surface area contributed by atoms with Crippen LogP contribution in [0.25, 0.3) is 0 Å². The van der Waals surface area contributed by atoms with Crippen molar-refractivity contribution in [3.05, 3.63) is 59.9 Å². The first-order valence-electron chi connectivity index (χ1n) is 9.67. The molecule has 0 aliphatic heterocycles. The van der Waals surface area contributed by atoms with Crippen molar-refractivity contribution >= 4 is 15.9 Å². The lowest BCUT2D eigenvalue weighted by molar-refractivity contribution is 0.201. The Labute approximate surface area is 178 Å². The van der Waals surface area contributed by atoms with Crippen molar-refractivity contribution in [3.63, 3.8) is 0 Å². The molecule has 2 aromatic carbocycles. The molecule has 2 amide bonds. The van der Waals surface area contributed by atoms with Gasteiger partial charge in [-0.3, -0.25) is 0 Å². The van der Waals surface area contributed by atoms with Crippen LogP contribution in [-0.4, -0.2) is 52.3 Å². The van der Waals surface area contributed by atoms with Crippen molar-refractivity contribution in [2.24, 2.45) is 0 Å². The molecule has 0 saturated carbocycles. The van der Waals surface area contributed by atoms with Crippen LogP contribution < -0.4 is 10.1 Å². The van der Waals surface area contributed by atoms with Crippen molar-refractivity contribution in [3.8, 4) is 5.75 Å². The number of hydrogen-bond acceptors (Lipinski definition) is 4. The van der Waals surface area contributed by atoms with E-state index in [2.05, 4.69) is 5.32 Å². The second-order valence-electron chi connectivity index (χ2n) is 7.89. The summed E-state index contributed by atoms with van der Waals surface area (Å²) in [5, 5.41) is 2.85. The number of urea groups is 1. The highest BCUT2D eigenvalue weighted by molar-refractivity contribution is 7.90. The van der Waals surface area contributed by atoms with Gasteiger partial charge in [0, 0.05) is 31.8 Å². The fourth-order valence-corrected chi connectivity index (χ4v) is 3.54. The predicted octanol–water partition coefficient (Wildman–Crippen LogP) is 3.62. The van der Waals surface area contributed by atoms with Gasteiger partial charge in [0.2, 0.25) is 0 Å². The fourth-order valence-electron chi connectivity index (χ4n) is 2.91. The normalized spacial score (nSPS) is 11.8. The molecule has 2 rings (SSSR count). The number of carbonyl (C=O) groups excluding carboxylic acids is 1. The molecule has 0 aliphatic rings. The number of nitrogens with zero attached hydrogens (tertiary/aromatic N) is 1. The van der Waals surface area contributed by atoms with E-state index in [1.54, 1.807) is 42.3 Å². The van der Waals surface area contributed by atoms with Crippen molar-refractivity contribution < 1.29 is 22.3 Å². The van der Waals surface area contributed by atoms with Crippen LogP contribution in [0.5, 0.6) is 5.75 Å². The molecular formula is C22H29FN2O4S. The third kappa shape index (κ3) is 6.73. The Morgan fingerprint density at radius 3 is 2.37 bits per heavy atom. The van der Waals surface area contributed by atoms with Crippen LogP contribution >= 0.6 is 0 Å².